The highest BCUT2D eigenvalue weighted by Gasteiger charge is 2.41. The topological polar surface area (TPSA) is 133 Å². The minimum absolute atomic E-state index is 0.0358. The number of carbonyl (C=O) groups is 3. The molecular formula is C13H23N3O5. The molecule has 0 spiro atoms. The lowest BCUT2D eigenvalue weighted by Gasteiger charge is -2.28. The van der Waals surface area contributed by atoms with Gasteiger partial charge in [-0.1, -0.05) is 20.3 Å². The van der Waals surface area contributed by atoms with Crippen LogP contribution in [0.25, 0.3) is 0 Å². The number of amides is 2. The molecule has 1 fully saturated rings. The molecule has 0 unspecified atom stereocenters. The highest BCUT2D eigenvalue weighted by Crippen LogP contribution is 2.21. The molecular weight excluding hydrogens is 278 g/mol. The van der Waals surface area contributed by atoms with Crippen LogP contribution in [0.2, 0.25) is 0 Å². The number of rotatable bonds is 6. The summed E-state index contributed by atoms with van der Waals surface area (Å²) in [5.74, 6) is -2.19. The van der Waals surface area contributed by atoms with Gasteiger partial charge in [-0.25, -0.2) is 0 Å². The summed E-state index contributed by atoms with van der Waals surface area (Å²) in [5.41, 5.74) is 5.88. The zero-order valence-corrected chi connectivity index (χ0v) is 12.3. The fourth-order valence-corrected chi connectivity index (χ4v) is 2.28. The number of nitrogens with one attached hydrogen (secondary N) is 1. The number of β-amino-alcohol motifs (C(OH)–C–C–N with tert-alkyl or cyclic N) is 1. The SMILES string of the molecule is CC[C@H](C)[C@H](N)C(=O)N1C[C@H](O)C[C@H]1C(=O)NCC(=O)O. The third kappa shape index (κ3) is 4.40. The number of aliphatic carboxylic acids is 1. The van der Waals surface area contributed by atoms with Crippen LogP contribution in [0.4, 0.5) is 0 Å². The van der Waals surface area contributed by atoms with Crippen molar-refractivity contribution in [2.24, 2.45) is 11.7 Å². The quantitative estimate of drug-likeness (QED) is 0.473. The van der Waals surface area contributed by atoms with Gasteiger partial charge >= 0.3 is 5.97 Å². The maximum atomic E-state index is 12.3. The Morgan fingerprint density at radius 1 is 1.43 bits per heavy atom. The minimum Gasteiger partial charge on any atom is -0.480 e. The minimum atomic E-state index is -1.17. The number of likely N-dealkylation sites (tertiary alicyclic amines) is 1. The molecule has 5 N–H and O–H groups in total. The van der Waals surface area contributed by atoms with Crippen molar-refractivity contribution in [3.8, 4) is 0 Å². The molecule has 21 heavy (non-hydrogen) atoms. The smallest absolute Gasteiger partial charge is 0.322 e. The molecule has 1 rings (SSSR count). The van der Waals surface area contributed by atoms with E-state index in [1.165, 1.54) is 4.90 Å². The lowest BCUT2D eigenvalue weighted by atomic mass is 9.98. The van der Waals surface area contributed by atoms with Crippen LogP contribution < -0.4 is 11.1 Å². The largest absolute Gasteiger partial charge is 0.480 e. The van der Waals surface area contributed by atoms with Gasteiger partial charge in [-0.3, -0.25) is 14.4 Å². The van der Waals surface area contributed by atoms with Crippen LogP contribution in [-0.4, -0.2) is 64.2 Å². The van der Waals surface area contributed by atoms with Gasteiger partial charge in [0, 0.05) is 13.0 Å². The third-order valence-corrected chi connectivity index (χ3v) is 3.82. The lowest BCUT2D eigenvalue weighted by molar-refractivity contribution is -0.142. The van der Waals surface area contributed by atoms with Gasteiger partial charge in [0.05, 0.1) is 12.1 Å². The first-order valence-corrected chi connectivity index (χ1v) is 7.01. The summed E-state index contributed by atoms with van der Waals surface area (Å²) in [6, 6.07) is -1.61. The van der Waals surface area contributed by atoms with Crippen LogP contribution in [-0.2, 0) is 14.4 Å². The van der Waals surface area contributed by atoms with Gasteiger partial charge in [0.15, 0.2) is 0 Å². The summed E-state index contributed by atoms with van der Waals surface area (Å²) in [4.78, 5) is 36.0. The Morgan fingerprint density at radius 2 is 2.05 bits per heavy atom. The Labute approximate surface area is 123 Å². The first kappa shape index (κ1) is 17.4. The highest BCUT2D eigenvalue weighted by molar-refractivity contribution is 5.91. The summed E-state index contributed by atoms with van der Waals surface area (Å²) < 4.78 is 0. The Morgan fingerprint density at radius 3 is 2.57 bits per heavy atom. The normalized spacial score (nSPS) is 24.5. The number of carboxylic acid groups (broad SMARTS) is 1. The number of carbonyl (C=O) groups excluding carboxylic acids is 2. The van der Waals surface area contributed by atoms with E-state index in [0.29, 0.717) is 0 Å². The molecule has 1 saturated heterocycles. The molecule has 120 valence electrons. The highest BCUT2D eigenvalue weighted by atomic mass is 16.4. The maximum absolute atomic E-state index is 12.3. The first-order valence-electron chi connectivity index (χ1n) is 7.01. The molecule has 0 saturated carbocycles. The molecule has 1 heterocycles. The van der Waals surface area contributed by atoms with E-state index in [9.17, 15) is 19.5 Å². The van der Waals surface area contributed by atoms with Gasteiger partial charge < -0.3 is 26.2 Å². The summed E-state index contributed by atoms with van der Waals surface area (Å²) in [6.07, 6.45) is 0.00233. The average molecular weight is 301 g/mol. The number of aliphatic hydroxyl groups excluding tert-OH is 1. The predicted octanol–water partition coefficient (Wildman–Crippen LogP) is -1.48. The summed E-state index contributed by atoms with van der Waals surface area (Å²) >= 11 is 0. The summed E-state index contributed by atoms with van der Waals surface area (Å²) in [6.45, 7) is 3.27. The number of hydrogen-bond donors (Lipinski definition) is 4. The van der Waals surface area contributed by atoms with Crippen LogP contribution >= 0.6 is 0 Å². The molecule has 0 aromatic rings. The van der Waals surface area contributed by atoms with Crippen molar-refractivity contribution in [1.82, 2.24) is 10.2 Å². The second-order valence-corrected chi connectivity index (χ2v) is 5.42. The molecule has 0 aliphatic carbocycles. The summed E-state index contributed by atoms with van der Waals surface area (Å²) in [5, 5.41) is 20.5. The van der Waals surface area contributed by atoms with Crippen molar-refractivity contribution >= 4 is 17.8 Å². The van der Waals surface area contributed by atoms with Crippen molar-refractivity contribution in [3.63, 3.8) is 0 Å². The number of aliphatic hydroxyl groups is 1. The molecule has 8 heteroatoms. The van der Waals surface area contributed by atoms with Gasteiger partial charge in [0.25, 0.3) is 0 Å². The first-order chi connectivity index (χ1) is 9.77. The van der Waals surface area contributed by atoms with E-state index in [-0.39, 0.29) is 18.9 Å². The predicted molar refractivity (Wildman–Crippen MR) is 74.2 cm³/mol. The van der Waals surface area contributed by atoms with Gasteiger partial charge in [-0.2, -0.15) is 0 Å². The average Bonchev–Trinajstić information content (AvgIpc) is 2.84. The zero-order chi connectivity index (χ0) is 16.2. The molecule has 0 aromatic heterocycles. The number of hydrogen-bond acceptors (Lipinski definition) is 5. The zero-order valence-electron chi connectivity index (χ0n) is 12.3. The maximum Gasteiger partial charge on any atom is 0.322 e. The molecule has 2 amide bonds. The van der Waals surface area contributed by atoms with Crippen molar-refractivity contribution in [2.45, 2.75) is 44.9 Å². The molecule has 0 radical (unpaired) electrons. The molecule has 4 atom stereocenters. The molecule has 1 aliphatic heterocycles. The Balaban J connectivity index is 2.76. The van der Waals surface area contributed by atoms with E-state index in [0.717, 1.165) is 6.42 Å². The Bertz CT molecular complexity index is 415. The van der Waals surface area contributed by atoms with Crippen molar-refractivity contribution in [2.75, 3.05) is 13.1 Å². The van der Waals surface area contributed by atoms with E-state index in [1.54, 1.807) is 0 Å². The van der Waals surface area contributed by atoms with E-state index >= 15 is 0 Å². The Hall–Kier alpha value is -1.67. The van der Waals surface area contributed by atoms with Gasteiger partial charge in [0.1, 0.15) is 12.6 Å². The number of nitrogens with zero attached hydrogens (tertiary/aromatic N) is 1. The van der Waals surface area contributed by atoms with E-state index in [2.05, 4.69) is 5.32 Å². The van der Waals surface area contributed by atoms with Gasteiger partial charge in [-0.15, -0.1) is 0 Å². The van der Waals surface area contributed by atoms with Gasteiger partial charge in [0.2, 0.25) is 11.8 Å². The monoisotopic (exact) mass is 301 g/mol. The van der Waals surface area contributed by atoms with Crippen LogP contribution in [0, 0.1) is 5.92 Å². The fourth-order valence-electron chi connectivity index (χ4n) is 2.28. The molecule has 8 nitrogen and oxygen atoms in total. The molecule has 0 aromatic carbocycles. The molecule has 1 aliphatic rings. The van der Waals surface area contributed by atoms with Crippen LogP contribution in [0.3, 0.4) is 0 Å². The Kier molecular flexibility index (Phi) is 6.10. The van der Waals surface area contributed by atoms with Crippen LogP contribution in [0.1, 0.15) is 26.7 Å². The number of nitrogens with two attached hydrogens (primary N) is 1. The van der Waals surface area contributed by atoms with Crippen molar-refractivity contribution < 1.29 is 24.6 Å². The van der Waals surface area contributed by atoms with Gasteiger partial charge in [-0.05, 0) is 5.92 Å². The van der Waals surface area contributed by atoms with E-state index in [1.807, 2.05) is 13.8 Å². The summed E-state index contributed by atoms with van der Waals surface area (Å²) in [7, 11) is 0. The standard InChI is InChI=1S/C13H23N3O5/c1-3-7(2)11(14)13(21)16-6-8(17)4-9(16)12(20)15-5-10(18)19/h7-9,11,17H,3-6,14H2,1-2H3,(H,15,20)(H,18,19)/t7-,8+,9-,11-/m0/s1. The third-order valence-electron chi connectivity index (χ3n) is 3.82. The van der Waals surface area contributed by atoms with Crippen molar-refractivity contribution in [1.29, 1.82) is 0 Å². The number of carboxylic acids is 1. The molecule has 0 bridgehead atoms. The lowest BCUT2D eigenvalue weighted by Crippen LogP contribution is -2.53. The van der Waals surface area contributed by atoms with E-state index < -0.39 is 42.5 Å². The fraction of sp³-hybridized carbons (Fsp3) is 0.769. The second kappa shape index (κ2) is 7.37. The second-order valence-electron chi connectivity index (χ2n) is 5.42. The van der Waals surface area contributed by atoms with Crippen LogP contribution in [0.15, 0.2) is 0 Å². The van der Waals surface area contributed by atoms with Crippen molar-refractivity contribution in [3.05, 3.63) is 0 Å². The van der Waals surface area contributed by atoms with Crippen LogP contribution in [0.5, 0.6) is 0 Å². The van der Waals surface area contributed by atoms with E-state index in [4.69, 9.17) is 10.8 Å².